The van der Waals surface area contributed by atoms with Crippen LogP contribution >= 0.6 is 31.9 Å². The first-order valence-electron chi connectivity index (χ1n) is 6.37. The lowest BCUT2D eigenvalue weighted by molar-refractivity contribution is -0.137. The molecule has 4 nitrogen and oxygen atoms in total. The first-order valence-corrected chi connectivity index (χ1v) is 7.96. The van der Waals surface area contributed by atoms with Crippen LogP contribution in [-0.2, 0) is 6.18 Å². The van der Waals surface area contributed by atoms with Gasteiger partial charge in [-0.3, -0.25) is 4.79 Å². The Kier molecular flexibility index (Phi) is 5.66. The highest BCUT2D eigenvalue weighted by molar-refractivity contribution is 9.11. The number of amides is 1. The Morgan fingerprint density at radius 1 is 1.21 bits per heavy atom. The molecule has 2 aromatic carbocycles. The van der Waals surface area contributed by atoms with E-state index in [2.05, 4.69) is 42.4 Å². The second-order valence-electron chi connectivity index (χ2n) is 4.60. The number of alkyl halides is 3. The largest absolute Gasteiger partial charge is 0.506 e. The summed E-state index contributed by atoms with van der Waals surface area (Å²) in [6.45, 7) is 0. The predicted molar refractivity (Wildman–Crippen MR) is 90.0 cm³/mol. The van der Waals surface area contributed by atoms with Crippen molar-refractivity contribution in [1.29, 1.82) is 0 Å². The lowest BCUT2D eigenvalue weighted by Crippen LogP contribution is -2.18. The van der Waals surface area contributed by atoms with Crippen molar-refractivity contribution >= 4 is 44.0 Å². The number of hydrogen-bond acceptors (Lipinski definition) is 3. The highest BCUT2D eigenvalue weighted by Crippen LogP contribution is 2.31. The quantitative estimate of drug-likeness (QED) is 0.509. The van der Waals surface area contributed by atoms with Gasteiger partial charge in [0, 0.05) is 15.6 Å². The van der Waals surface area contributed by atoms with Crippen LogP contribution in [0.1, 0.15) is 21.5 Å². The molecule has 24 heavy (non-hydrogen) atoms. The standard InChI is InChI=1S/C15H9Br2F3N2O2/c16-11-5-9(13(23)12(17)6-11)7-21-22-14(24)8-2-1-3-10(4-8)15(18,19)20/h1-7,23H,(H,22,24)/b21-7+. The van der Waals surface area contributed by atoms with Crippen LogP contribution in [-0.4, -0.2) is 17.2 Å². The summed E-state index contributed by atoms with van der Waals surface area (Å²) < 4.78 is 39.0. The number of nitrogens with one attached hydrogen (secondary N) is 1. The molecule has 0 spiro atoms. The molecule has 0 heterocycles. The zero-order valence-electron chi connectivity index (χ0n) is 11.7. The second-order valence-corrected chi connectivity index (χ2v) is 6.37. The summed E-state index contributed by atoms with van der Waals surface area (Å²) in [6.07, 6.45) is -3.36. The smallest absolute Gasteiger partial charge is 0.416 e. The number of hydrazone groups is 1. The summed E-state index contributed by atoms with van der Waals surface area (Å²) in [5, 5.41) is 13.5. The average Bonchev–Trinajstić information content (AvgIpc) is 2.51. The molecule has 0 aromatic heterocycles. The molecule has 1 amide bonds. The highest BCUT2D eigenvalue weighted by Gasteiger charge is 2.30. The molecule has 2 aromatic rings. The molecule has 126 valence electrons. The van der Waals surface area contributed by atoms with Gasteiger partial charge in [0.1, 0.15) is 5.75 Å². The van der Waals surface area contributed by atoms with E-state index >= 15 is 0 Å². The molecule has 0 aliphatic heterocycles. The Morgan fingerprint density at radius 3 is 2.58 bits per heavy atom. The Labute approximate surface area is 151 Å². The molecule has 0 unspecified atom stereocenters. The van der Waals surface area contributed by atoms with Gasteiger partial charge in [0.05, 0.1) is 16.3 Å². The SMILES string of the molecule is O=C(N/N=C/c1cc(Br)cc(Br)c1O)c1cccc(C(F)(F)F)c1. The van der Waals surface area contributed by atoms with E-state index in [4.69, 9.17) is 0 Å². The number of benzene rings is 2. The van der Waals surface area contributed by atoms with Crippen molar-refractivity contribution in [2.45, 2.75) is 6.18 Å². The van der Waals surface area contributed by atoms with Crippen molar-refractivity contribution in [3.63, 3.8) is 0 Å². The van der Waals surface area contributed by atoms with Crippen LogP contribution in [0.5, 0.6) is 5.75 Å². The fourth-order valence-electron chi connectivity index (χ4n) is 1.75. The molecular formula is C15H9Br2F3N2O2. The predicted octanol–water partition coefficient (Wildman–Crippen LogP) is 4.70. The van der Waals surface area contributed by atoms with Gasteiger partial charge >= 0.3 is 6.18 Å². The lowest BCUT2D eigenvalue weighted by Gasteiger charge is -2.07. The molecule has 0 atom stereocenters. The minimum absolute atomic E-state index is 0.0877. The summed E-state index contributed by atoms with van der Waals surface area (Å²) in [6, 6.07) is 7.16. The lowest BCUT2D eigenvalue weighted by atomic mass is 10.1. The summed E-state index contributed by atoms with van der Waals surface area (Å²) in [4.78, 5) is 11.9. The van der Waals surface area contributed by atoms with Gasteiger partial charge in [-0.05, 0) is 46.3 Å². The van der Waals surface area contributed by atoms with Crippen molar-refractivity contribution in [2.75, 3.05) is 0 Å². The molecule has 0 aliphatic carbocycles. The third kappa shape index (κ3) is 4.57. The molecule has 2 rings (SSSR count). The van der Waals surface area contributed by atoms with Crippen molar-refractivity contribution in [3.8, 4) is 5.75 Å². The van der Waals surface area contributed by atoms with Gasteiger partial charge in [0.25, 0.3) is 5.91 Å². The number of aromatic hydroxyl groups is 1. The summed E-state index contributed by atoms with van der Waals surface area (Å²) in [5.41, 5.74) is 1.32. The van der Waals surface area contributed by atoms with Gasteiger partial charge in [-0.2, -0.15) is 18.3 Å². The van der Waals surface area contributed by atoms with Crippen LogP contribution < -0.4 is 5.43 Å². The van der Waals surface area contributed by atoms with Crippen LogP contribution in [0.4, 0.5) is 13.2 Å². The first-order chi connectivity index (χ1) is 11.2. The Hall–Kier alpha value is -1.87. The molecule has 0 bridgehead atoms. The van der Waals surface area contributed by atoms with E-state index in [1.54, 1.807) is 12.1 Å². The minimum atomic E-state index is -4.53. The van der Waals surface area contributed by atoms with E-state index in [1.165, 1.54) is 12.3 Å². The van der Waals surface area contributed by atoms with E-state index in [0.29, 0.717) is 14.5 Å². The number of carbonyl (C=O) groups excluding carboxylic acids is 1. The highest BCUT2D eigenvalue weighted by atomic mass is 79.9. The van der Waals surface area contributed by atoms with Crippen LogP contribution in [0.25, 0.3) is 0 Å². The molecule has 0 radical (unpaired) electrons. The van der Waals surface area contributed by atoms with Gasteiger partial charge < -0.3 is 5.11 Å². The molecule has 0 saturated carbocycles. The van der Waals surface area contributed by atoms with Gasteiger partial charge in [0.15, 0.2) is 0 Å². The Balaban J connectivity index is 2.14. The number of phenols is 1. The van der Waals surface area contributed by atoms with Crippen LogP contribution in [0.15, 0.2) is 50.4 Å². The number of halogens is 5. The number of hydrogen-bond donors (Lipinski definition) is 2. The van der Waals surface area contributed by atoms with E-state index in [1.807, 2.05) is 0 Å². The number of phenolic OH excluding ortho intramolecular Hbond substituents is 1. The summed E-state index contributed by atoms with van der Waals surface area (Å²) in [7, 11) is 0. The average molecular weight is 466 g/mol. The molecule has 0 saturated heterocycles. The van der Waals surface area contributed by atoms with E-state index < -0.39 is 17.6 Å². The zero-order chi connectivity index (χ0) is 17.9. The topological polar surface area (TPSA) is 61.7 Å². The van der Waals surface area contributed by atoms with E-state index in [-0.39, 0.29) is 11.3 Å². The third-order valence-corrected chi connectivity index (χ3v) is 3.94. The monoisotopic (exact) mass is 464 g/mol. The first kappa shape index (κ1) is 18.5. The maximum absolute atomic E-state index is 12.6. The third-order valence-electron chi connectivity index (χ3n) is 2.88. The van der Waals surface area contributed by atoms with Crippen molar-refractivity contribution in [2.24, 2.45) is 5.10 Å². The number of carbonyl (C=O) groups is 1. The zero-order valence-corrected chi connectivity index (χ0v) is 14.9. The van der Waals surface area contributed by atoms with Crippen LogP contribution in [0.3, 0.4) is 0 Å². The second kappa shape index (κ2) is 7.35. The Morgan fingerprint density at radius 2 is 1.92 bits per heavy atom. The van der Waals surface area contributed by atoms with Crippen molar-refractivity contribution in [3.05, 3.63) is 62.0 Å². The van der Waals surface area contributed by atoms with E-state index in [9.17, 15) is 23.1 Å². The van der Waals surface area contributed by atoms with Crippen LogP contribution in [0, 0.1) is 0 Å². The molecule has 0 aliphatic rings. The van der Waals surface area contributed by atoms with Gasteiger partial charge in [-0.15, -0.1) is 0 Å². The van der Waals surface area contributed by atoms with Crippen LogP contribution in [0.2, 0.25) is 0 Å². The molecule has 0 fully saturated rings. The summed E-state index contributed by atoms with van der Waals surface area (Å²) in [5.74, 6) is -0.888. The fourth-order valence-corrected chi connectivity index (χ4v) is 3.00. The number of rotatable bonds is 3. The van der Waals surface area contributed by atoms with Crippen molar-refractivity contribution < 1.29 is 23.1 Å². The summed E-state index contributed by atoms with van der Waals surface area (Å²) >= 11 is 6.38. The Bertz CT molecular complexity index is 808. The molecule has 9 heteroatoms. The van der Waals surface area contributed by atoms with Crippen molar-refractivity contribution in [1.82, 2.24) is 5.43 Å². The number of nitrogens with zero attached hydrogens (tertiary/aromatic N) is 1. The fraction of sp³-hybridized carbons (Fsp3) is 0.0667. The van der Waals surface area contributed by atoms with E-state index in [0.717, 1.165) is 18.2 Å². The van der Waals surface area contributed by atoms with Gasteiger partial charge in [-0.1, -0.05) is 22.0 Å². The normalized spacial score (nSPS) is 11.7. The molecule has 2 N–H and O–H groups in total. The maximum Gasteiger partial charge on any atom is 0.416 e. The van der Waals surface area contributed by atoms with Gasteiger partial charge in [-0.25, -0.2) is 5.43 Å². The van der Waals surface area contributed by atoms with Gasteiger partial charge in [0.2, 0.25) is 0 Å². The minimum Gasteiger partial charge on any atom is -0.506 e. The maximum atomic E-state index is 12.6. The molecular weight excluding hydrogens is 457 g/mol.